The van der Waals surface area contributed by atoms with Gasteiger partial charge in [0.15, 0.2) is 0 Å². The zero-order valence-corrected chi connectivity index (χ0v) is 14.1. The normalized spacial score (nSPS) is 36.4. The first-order chi connectivity index (χ1) is 10.6. The molecule has 1 saturated heterocycles. The van der Waals surface area contributed by atoms with E-state index in [2.05, 4.69) is 13.5 Å². The van der Waals surface area contributed by atoms with Crippen molar-refractivity contribution < 1.29 is 9.84 Å². The van der Waals surface area contributed by atoms with Gasteiger partial charge >= 0.3 is 0 Å². The fourth-order valence-corrected chi connectivity index (χ4v) is 5.88. The van der Waals surface area contributed by atoms with Crippen LogP contribution in [0.25, 0.3) is 0 Å². The molecule has 0 unspecified atom stereocenters. The summed E-state index contributed by atoms with van der Waals surface area (Å²) in [7, 11) is 0. The first-order valence-electron chi connectivity index (χ1n) is 8.25. The Morgan fingerprint density at radius 2 is 2.23 bits per heavy atom. The highest BCUT2D eigenvalue weighted by Crippen LogP contribution is 2.61. The van der Waals surface area contributed by atoms with Gasteiger partial charge in [0.05, 0.1) is 12.7 Å². The second kappa shape index (κ2) is 6.38. The number of hydrogen-bond donors (Lipinski definition) is 1. The first kappa shape index (κ1) is 16.1. The Bertz CT molecular complexity index is 509. The summed E-state index contributed by atoms with van der Waals surface area (Å²) in [5.74, 6) is 1.26. The van der Waals surface area contributed by atoms with Crippen LogP contribution in [0.1, 0.15) is 44.3 Å². The molecule has 0 aromatic heterocycles. The molecule has 0 bridgehead atoms. The molecule has 22 heavy (non-hydrogen) atoms. The SMILES string of the molecule is C=CC[C@@]1(C)[C@@H]([C@@H](O)c2ccccc2)CCC[C@]12OCCS2. The number of rotatable bonds is 4. The van der Waals surface area contributed by atoms with Gasteiger partial charge in [0, 0.05) is 11.2 Å². The van der Waals surface area contributed by atoms with Gasteiger partial charge in [-0.25, -0.2) is 0 Å². The third-order valence-electron chi connectivity index (χ3n) is 5.55. The van der Waals surface area contributed by atoms with E-state index in [-0.39, 0.29) is 16.3 Å². The molecule has 4 atom stereocenters. The van der Waals surface area contributed by atoms with E-state index in [1.165, 1.54) is 0 Å². The number of thioether (sulfide) groups is 1. The van der Waals surface area contributed by atoms with Crippen molar-refractivity contribution in [1.82, 2.24) is 0 Å². The standard InChI is InChI=1S/C19H26O2S/c1-3-11-18(2)16(17(20)15-8-5-4-6-9-15)10-7-12-19(18)21-13-14-22-19/h3-6,8-9,16-17,20H,1,7,10-14H2,2H3/t16-,17+,18+,19-/m1/s1. The Kier molecular flexibility index (Phi) is 4.67. The van der Waals surface area contributed by atoms with Crippen LogP contribution < -0.4 is 0 Å². The van der Waals surface area contributed by atoms with E-state index < -0.39 is 6.10 Å². The lowest BCUT2D eigenvalue weighted by molar-refractivity contribution is -0.129. The fraction of sp³-hybridized carbons (Fsp3) is 0.579. The highest BCUT2D eigenvalue weighted by atomic mass is 32.2. The lowest BCUT2D eigenvalue weighted by atomic mass is 9.60. The van der Waals surface area contributed by atoms with Gasteiger partial charge in [0.1, 0.15) is 4.93 Å². The summed E-state index contributed by atoms with van der Waals surface area (Å²) in [6.07, 6.45) is 5.70. The number of benzene rings is 1. The number of aliphatic hydroxyl groups excluding tert-OH is 1. The molecule has 1 aromatic carbocycles. The zero-order valence-electron chi connectivity index (χ0n) is 13.3. The van der Waals surface area contributed by atoms with Crippen LogP contribution in [0.2, 0.25) is 0 Å². The minimum Gasteiger partial charge on any atom is -0.388 e. The molecule has 2 aliphatic rings. The average Bonchev–Trinajstić information content (AvgIpc) is 3.01. The summed E-state index contributed by atoms with van der Waals surface area (Å²) >= 11 is 1.95. The maximum absolute atomic E-state index is 11.1. The molecule has 1 aliphatic heterocycles. The molecular formula is C19H26O2S. The molecule has 1 saturated carbocycles. The summed E-state index contributed by atoms with van der Waals surface area (Å²) < 4.78 is 6.27. The maximum atomic E-state index is 11.1. The fourth-order valence-electron chi connectivity index (χ4n) is 4.37. The average molecular weight is 318 g/mol. The smallest absolute Gasteiger partial charge is 0.119 e. The van der Waals surface area contributed by atoms with Gasteiger partial charge in [0.25, 0.3) is 0 Å². The van der Waals surface area contributed by atoms with Gasteiger partial charge < -0.3 is 9.84 Å². The Morgan fingerprint density at radius 1 is 1.45 bits per heavy atom. The van der Waals surface area contributed by atoms with E-state index in [4.69, 9.17) is 4.74 Å². The largest absolute Gasteiger partial charge is 0.388 e. The molecule has 1 aromatic rings. The Labute approximate surface area is 138 Å². The molecule has 3 heteroatoms. The van der Waals surface area contributed by atoms with E-state index in [0.29, 0.717) is 0 Å². The van der Waals surface area contributed by atoms with Crippen LogP contribution in [0.3, 0.4) is 0 Å². The third kappa shape index (κ3) is 2.53. The predicted octanol–water partition coefficient (Wildman–Crippen LogP) is 4.56. The van der Waals surface area contributed by atoms with E-state index in [1.54, 1.807) is 0 Å². The molecule has 120 valence electrons. The highest BCUT2D eigenvalue weighted by Gasteiger charge is 2.58. The quantitative estimate of drug-likeness (QED) is 0.825. The molecule has 1 spiro atoms. The van der Waals surface area contributed by atoms with Gasteiger partial charge in [0.2, 0.25) is 0 Å². The molecule has 1 N–H and O–H groups in total. The summed E-state index contributed by atoms with van der Waals surface area (Å²) in [5, 5.41) is 11.1. The number of allylic oxidation sites excluding steroid dienone is 1. The van der Waals surface area contributed by atoms with E-state index in [9.17, 15) is 5.11 Å². The second-order valence-electron chi connectivity index (χ2n) is 6.71. The van der Waals surface area contributed by atoms with Gasteiger partial charge in [-0.15, -0.1) is 18.3 Å². The topological polar surface area (TPSA) is 29.5 Å². The van der Waals surface area contributed by atoms with Crippen LogP contribution in [-0.2, 0) is 4.74 Å². The van der Waals surface area contributed by atoms with Crippen molar-refractivity contribution in [2.24, 2.45) is 11.3 Å². The third-order valence-corrected chi connectivity index (χ3v) is 7.18. The molecule has 0 amide bonds. The second-order valence-corrected chi connectivity index (χ2v) is 8.07. The molecule has 1 aliphatic carbocycles. The summed E-state index contributed by atoms with van der Waals surface area (Å²) in [5.41, 5.74) is 0.937. The molecule has 2 nitrogen and oxygen atoms in total. The number of hydrogen-bond acceptors (Lipinski definition) is 3. The van der Waals surface area contributed by atoms with Crippen molar-refractivity contribution in [1.29, 1.82) is 0 Å². The van der Waals surface area contributed by atoms with Crippen LogP contribution >= 0.6 is 11.8 Å². The van der Waals surface area contributed by atoms with E-state index in [0.717, 1.165) is 43.6 Å². The van der Waals surface area contributed by atoms with Gasteiger partial charge in [-0.3, -0.25) is 0 Å². The monoisotopic (exact) mass is 318 g/mol. The highest BCUT2D eigenvalue weighted by molar-refractivity contribution is 8.00. The Hall–Kier alpha value is -0.770. The van der Waals surface area contributed by atoms with Crippen LogP contribution in [0.5, 0.6) is 0 Å². The van der Waals surface area contributed by atoms with E-state index >= 15 is 0 Å². The molecule has 0 radical (unpaired) electrons. The number of ether oxygens (including phenoxy) is 1. The molecule has 2 fully saturated rings. The zero-order chi connectivity index (χ0) is 15.6. The van der Waals surface area contributed by atoms with E-state index in [1.807, 2.05) is 48.2 Å². The van der Waals surface area contributed by atoms with Crippen molar-refractivity contribution in [3.63, 3.8) is 0 Å². The Morgan fingerprint density at radius 3 is 2.86 bits per heavy atom. The molecule has 3 rings (SSSR count). The van der Waals surface area contributed by atoms with Crippen LogP contribution in [0, 0.1) is 11.3 Å². The van der Waals surface area contributed by atoms with Crippen LogP contribution in [0.15, 0.2) is 43.0 Å². The number of aliphatic hydroxyl groups is 1. The van der Waals surface area contributed by atoms with Crippen molar-refractivity contribution in [3.05, 3.63) is 48.6 Å². The van der Waals surface area contributed by atoms with Gasteiger partial charge in [-0.05, 0) is 37.2 Å². The Balaban J connectivity index is 1.96. The summed E-state index contributed by atoms with van der Waals surface area (Å²) in [6, 6.07) is 10.1. The van der Waals surface area contributed by atoms with Gasteiger partial charge in [-0.1, -0.05) is 43.3 Å². The molecule has 1 heterocycles. The van der Waals surface area contributed by atoms with Crippen molar-refractivity contribution in [2.75, 3.05) is 12.4 Å². The first-order valence-corrected chi connectivity index (χ1v) is 9.23. The van der Waals surface area contributed by atoms with Crippen molar-refractivity contribution in [3.8, 4) is 0 Å². The molecular weight excluding hydrogens is 292 g/mol. The minimum absolute atomic E-state index is 0.0799. The summed E-state index contributed by atoms with van der Waals surface area (Å²) in [4.78, 5) is -0.153. The van der Waals surface area contributed by atoms with Crippen molar-refractivity contribution >= 4 is 11.8 Å². The lowest BCUT2D eigenvalue weighted by Crippen LogP contribution is -2.52. The summed E-state index contributed by atoms with van der Waals surface area (Å²) in [6.45, 7) is 7.09. The predicted molar refractivity (Wildman–Crippen MR) is 92.8 cm³/mol. The van der Waals surface area contributed by atoms with Crippen molar-refractivity contribution in [2.45, 2.75) is 43.6 Å². The van der Waals surface area contributed by atoms with Gasteiger partial charge in [-0.2, -0.15) is 0 Å². The minimum atomic E-state index is -0.437. The van der Waals surface area contributed by atoms with Crippen LogP contribution in [0.4, 0.5) is 0 Å². The maximum Gasteiger partial charge on any atom is 0.119 e. The van der Waals surface area contributed by atoms with Crippen LogP contribution in [-0.4, -0.2) is 22.4 Å². The lowest BCUT2D eigenvalue weighted by Gasteiger charge is -2.54.